The number of hydrogen-bond acceptors (Lipinski definition) is 2. The van der Waals surface area contributed by atoms with E-state index in [1.165, 1.54) is 21.6 Å². The second-order valence-electron chi connectivity index (χ2n) is 6.23. The van der Waals surface area contributed by atoms with Gasteiger partial charge in [-0.3, -0.25) is 4.79 Å². The van der Waals surface area contributed by atoms with Crippen molar-refractivity contribution in [1.82, 2.24) is 4.90 Å². The minimum absolute atomic E-state index is 0.0770. The van der Waals surface area contributed by atoms with Crippen LogP contribution >= 0.6 is 11.3 Å². The van der Waals surface area contributed by atoms with Gasteiger partial charge < -0.3 is 10.2 Å². The lowest BCUT2D eigenvalue weighted by Crippen LogP contribution is -2.86. The lowest BCUT2D eigenvalue weighted by Gasteiger charge is -2.36. The Labute approximate surface area is 142 Å². The summed E-state index contributed by atoms with van der Waals surface area (Å²) >= 11 is 1.82. The number of benzene rings is 1. The molecule has 0 aliphatic carbocycles. The first-order valence-electron chi connectivity index (χ1n) is 8.44. The molecule has 1 aliphatic heterocycles. The molecule has 2 N–H and O–H groups in total. The Balaban J connectivity index is 1.89. The van der Waals surface area contributed by atoms with E-state index in [0.29, 0.717) is 6.54 Å². The maximum Gasteiger partial charge on any atom is 0.278 e. The number of aryl methyl sites for hydroxylation is 1. The number of carbonyl (C=O) groups is 1. The Hall–Kier alpha value is -1.65. The normalized spacial score (nSPS) is 17.1. The number of thiophene rings is 1. The van der Waals surface area contributed by atoms with E-state index in [2.05, 4.69) is 59.8 Å². The molecule has 1 atom stereocenters. The van der Waals surface area contributed by atoms with Crippen LogP contribution in [0.25, 0.3) is 0 Å². The van der Waals surface area contributed by atoms with Gasteiger partial charge in [-0.25, -0.2) is 0 Å². The van der Waals surface area contributed by atoms with Crippen LogP contribution in [0.15, 0.2) is 35.7 Å². The van der Waals surface area contributed by atoms with Gasteiger partial charge in [0.1, 0.15) is 0 Å². The van der Waals surface area contributed by atoms with Gasteiger partial charge in [0, 0.05) is 11.4 Å². The monoisotopic (exact) mass is 329 g/mol. The molecule has 2 heterocycles. The van der Waals surface area contributed by atoms with E-state index in [4.69, 9.17) is 0 Å². The summed E-state index contributed by atoms with van der Waals surface area (Å²) in [6.45, 7) is 6.64. The van der Waals surface area contributed by atoms with Crippen LogP contribution in [-0.4, -0.2) is 30.4 Å². The molecule has 23 heavy (non-hydrogen) atoms. The summed E-state index contributed by atoms with van der Waals surface area (Å²) < 4.78 is 0. The van der Waals surface area contributed by atoms with Crippen LogP contribution in [0, 0.1) is 6.92 Å². The second-order valence-corrected chi connectivity index (χ2v) is 7.23. The van der Waals surface area contributed by atoms with E-state index in [1.54, 1.807) is 0 Å². The molecule has 0 saturated carbocycles. The van der Waals surface area contributed by atoms with Crippen LogP contribution < -0.4 is 5.32 Å². The highest BCUT2D eigenvalue weighted by Gasteiger charge is 2.33. The van der Waals surface area contributed by atoms with Crippen molar-refractivity contribution in [3.05, 3.63) is 57.3 Å². The molecular formula is C19H25N2OS+. The Morgan fingerprint density at radius 2 is 2.09 bits per heavy atom. The number of nitrogens with two attached hydrogens (primary N) is 1. The minimum Gasteiger partial charge on any atom is -0.338 e. The summed E-state index contributed by atoms with van der Waals surface area (Å²) in [5.41, 5.74) is 3.79. The lowest BCUT2D eigenvalue weighted by atomic mass is 9.92. The molecule has 1 aliphatic rings. The van der Waals surface area contributed by atoms with Crippen molar-refractivity contribution < 1.29 is 10.1 Å². The Morgan fingerprint density at radius 3 is 2.83 bits per heavy atom. The zero-order valence-electron chi connectivity index (χ0n) is 13.9. The predicted octanol–water partition coefficient (Wildman–Crippen LogP) is 2.50. The second kappa shape index (κ2) is 7.28. The number of nitrogens with zero attached hydrogens (tertiary/aromatic N) is 1. The summed E-state index contributed by atoms with van der Waals surface area (Å²) in [5.74, 6) is 0.251. The molecule has 1 amide bonds. The summed E-state index contributed by atoms with van der Waals surface area (Å²) in [7, 11) is 0. The number of rotatable bonds is 5. The van der Waals surface area contributed by atoms with Gasteiger partial charge in [-0.15, -0.1) is 11.3 Å². The van der Waals surface area contributed by atoms with E-state index in [-0.39, 0.29) is 11.9 Å². The SMILES string of the molecule is CCC[NH2+]CC(=O)N1CCc2sccc2[C@@H]1c1ccc(C)cc1. The fraction of sp³-hybridized carbons (Fsp3) is 0.421. The third kappa shape index (κ3) is 3.48. The van der Waals surface area contributed by atoms with Gasteiger partial charge in [0.2, 0.25) is 0 Å². The van der Waals surface area contributed by atoms with Crippen molar-refractivity contribution >= 4 is 17.2 Å². The largest absolute Gasteiger partial charge is 0.338 e. The van der Waals surface area contributed by atoms with Gasteiger partial charge >= 0.3 is 0 Å². The summed E-state index contributed by atoms with van der Waals surface area (Å²) in [6, 6.07) is 10.9. The molecule has 0 saturated heterocycles. The van der Waals surface area contributed by atoms with Crippen molar-refractivity contribution in [2.75, 3.05) is 19.6 Å². The Kier molecular flexibility index (Phi) is 5.13. The molecule has 4 heteroatoms. The highest BCUT2D eigenvalue weighted by molar-refractivity contribution is 7.10. The maximum absolute atomic E-state index is 12.8. The van der Waals surface area contributed by atoms with E-state index in [0.717, 1.165) is 25.9 Å². The summed E-state index contributed by atoms with van der Waals surface area (Å²) in [6.07, 6.45) is 2.08. The van der Waals surface area contributed by atoms with Crippen molar-refractivity contribution in [3.8, 4) is 0 Å². The first kappa shape index (κ1) is 16.2. The van der Waals surface area contributed by atoms with Gasteiger partial charge in [-0.1, -0.05) is 36.8 Å². The lowest BCUT2D eigenvalue weighted by molar-refractivity contribution is -0.644. The van der Waals surface area contributed by atoms with Crippen LogP contribution in [0.3, 0.4) is 0 Å². The molecule has 2 aromatic rings. The topological polar surface area (TPSA) is 36.9 Å². The third-order valence-electron chi connectivity index (χ3n) is 4.49. The molecule has 0 bridgehead atoms. The predicted molar refractivity (Wildman–Crippen MR) is 94.7 cm³/mol. The number of fused-ring (bicyclic) bond motifs is 1. The minimum atomic E-state index is 0.0770. The Bertz CT molecular complexity index is 662. The van der Waals surface area contributed by atoms with Gasteiger partial charge in [0.05, 0.1) is 12.6 Å². The molecule has 3 rings (SSSR count). The van der Waals surface area contributed by atoms with Crippen LogP contribution in [0.5, 0.6) is 0 Å². The van der Waals surface area contributed by atoms with Crippen molar-refractivity contribution in [3.63, 3.8) is 0 Å². The number of amides is 1. The van der Waals surface area contributed by atoms with Crippen LogP contribution in [0.1, 0.15) is 41.0 Å². The van der Waals surface area contributed by atoms with Gasteiger partial charge in [-0.05, 0) is 42.3 Å². The van der Waals surface area contributed by atoms with Crippen LogP contribution in [-0.2, 0) is 11.2 Å². The zero-order chi connectivity index (χ0) is 16.2. The highest BCUT2D eigenvalue weighted by atomic mass is 32.1. The maximum atomic E-state index is 12.8. The molecule has 1 aromatic carbocycles. The smallest absolute Gasteiger partial charge is 0.278 e. The summed E-state index contributed by atoms with van der Waals surface area (Å²) in [5, 5.41) is 4.28. The average molecular weight is 329 g/mol. The quantitative estimate of drug-likeness (QED) is 0.841. The van der Waals surface area contributed by atoms with Crippen LogP contribution in [0.4, 0.5) is 0 Å². The van der Waals surface area contributed by atoms with E-state index in [9.17, 15) is 4.79 Å². The van der Waals surface area contributed by atoms with Crippen molar-refractivity contribution in [2.24, 2.45) is 0 Å². The number of hydrogen-bond donors (Lipinski definition) is 1. The Morgan fingerprint density at radius 1 is 1.30 bits per heavy atom. The number of carbonyl (C=O) groups excluding carboxylic acids is 1. The van der Waals surface area contributed by atoms with E-state index < -0.39 is 0 Å². The average Bonchev–Trinajstić information content (AvgIpc) is 3.03. The van der Waals surface area contributed by atoms with Crippen LogP contribution in [0.2, 0.25) is 0 Å². The molecule has 1 aromatic heterocycles. The third-order valence-corrected chi connectivity index (χ3v) is 5.49. The van der Waals surface area contributed by atoms with Gasteiger partial charge in [0.15, 0.2) is 6.54 Å². The molecule has 0 spiro atoms. The fourth-order valence-corrected chi connectivity index (χ4v) is 4.14. The molecule has 122 valence electrons. The fourth-order valence-electron chi connectivity index (χ4n) is 3.24. The first-order valence-corrected chi connectivity index (χ1v) is 9.32. The van der Waals surface area contributed by atoms with Crippen molar-refractivity contribution in [1.29, 1.82) is 0 Å². The first-order chi connectivity index (χ1) is 11.2. The molecule has 0 radical (unpaired) electrons. The van der Waals surface area contributed by atoms with Gasteiger partial charge in [-0.2, -0.15) is 0 Å². The molecular weight excluding hydrogens is 304 g/mol. The zero-order valence-corrected chi connectivity index (χ0v) is 14.7. The number of quaternary nitrogens is 1. The highest BCUT2D eigenvalue weighted by Crippen LogP contribution is 2.37. The molecule has 0 unspecified atom stereocenters. The van der Waals surface area contributed by atoms with E-state index in [1.807, 2.05) is 11.3 Å². The van der Waals surface area contributed by atoms with Gasteiger partial charge in [0.25, 0.3) is 5.91 Å². The van der Waals surface area contributed by atoms with E-state index >= 15 is 0 Å². The summed E-state index contributed by atoms with van der Waals surface area (Å²) in [4.78, 5) is 16.3. The standard InChI is InChI=1S/C19H24N2OS/c1-3-10-20-13-18(22)21-11-8-17-16(9-12-23-17)19(21)15-6-4-14(2)5-7-15/h4-7,9,12,19-20H,3,8,10-11,13H2,1-2H3/p+1/t19-/m0/s1. The molecule has 3 nitrogen and oxygen atoms in total. The molecule has 0 fully saturated rings. The van der Waals surface area contributed by atoms with Crippen molar-refractivity contribution in [2.45, 2.75) is 32.7 Å².